The van der Waals surface area contributed by atoms with Crippen molar-refractivity contribution in [3.05, 3.63) is 46.5 Å². The molecule has 3 rings (SSSR count). The molecule has 1 N–H and O–H groups in total. The van der Waals surface area contributed by atoms with Gasteiger partial charge >= 0.3 is 5.97 Å². The number of rotatable bonds is 3. The van der Waals surface area contributed by atoms with Crippen molar-refractivity contribution in [3.63, 3.8) is 0 Å². The fourth-order valence-corrected chi connectivity index (χ4v) is 3.45. The monoisotopic (exact) mass is 317 g/mol. The van der Waals surface area contributed by atoms with Crippen molar-refractivity contribution in [2.75, 3.05) is 13.1 Å². The van der Waals surface area contributed by atoms with Crippen LogP contribution in [0.4, 0.5) is 0 Å². The van der Waals surface area contributed by atoms with Crippen molar-refractivity contribution in [1.29, 1.82) is 0 Å². The second kappa shape index (κ2) is 5.84. The molecule has 0 unspecified atom stereocenters. The first-order valence-corrected chi connectivity index (χ1v) is 7.71. The van der Waals surface area contributed by atoms with Crippen molar-refractivity contribution >= 4 is 23.4 Å². The molecule has 1 amide bonds. The maximum absolute atomic E-state index is 12.5. The SMILES string of the molecule is Cc1nnsc1C(=O)N1C[C@H](C(=O)O)[C@@H](c2ccccc2)C1. The van der Waals surface area contributed by atoms with Gasteiger partial charge in [0.05, 0.1) is 11.6 Å². The van der Waals surface area contributed by atoms with Crippen LogP contribution in [0.2, 0.25) is 0 Å². The van der Waals surface area contributed by atoms with E-state index in [9.17, 15) is 14.7 Å². The standard InChI is InChI=1S/C15H15N3O3S/c1-9-13(22-17-16-9)14(19)18-7-11(12(8-18)15(20)21)10-5-3-2-4-6-10/h2-6,11-12H,7-8H2,1H3,(H,20,21)/t11-,12+/m1/s1. The number of aryl methyl sites for hydroxylation is 1. The maximum Gasteiger partial charge on any atom is 0.308 e. The molecule has 0 spiro atoms. The summed E-state index contributed by atoms with van der Waals surface area (Å²) in [6, 6.07) is 9.48. The highest BCUT2D eigenvalue weighted by molar-refractivity contribution is 7.07. The Morgan fingerprint density at radius 3 is 2.59 bits per heavy atom. The van der Waals surface area contributed by atoms with Gasteiger partial charge in [-0.3, -0.25) is 9.59 Å². The van der Waals surface area contributed by atoms with Crippen molar-refractivity contribution in [3.8, 4) is 0 Å². The number of amides is 1. The number of hydrogen-bond donors (Lipinski definition) is 1. The fourth-order valence-electron chi connectivity index (χ4n) is 2.83. The first kappa shape index (κ1) is 14.6. The molecule has 1 saturated heterocycles. The minimum absolute atomic E-state index is 0.183. The Morgan fingerprint density at radius 1 is 1.27 bits per heavy atom. The van der Waals surface area contributed by atoms with E-state index in [0.717, 1.165) is 17.1 Å². The van der Waals surface area contributed by atoms with Crippen LogP contribution in [0.3, 0.4) is 0 Å². The molecule has 1 aliphatic heterocycles. The number of aliphatic carboxylic acids is 1. The molecule has 1 fully saturated rings. The molecule has 0 aliphatic carbocycles. The Hall–Kier alpha value is -2.28. The Kier molecular flexibility index (Phi) is 3.89. The largest absolute Gasteiger partial charge is 0.481 e. The van der Waals surface area contributed by atoms with Crippen LogP contribution >= 0.6 is 11.5 Å². The van der Waals surface area contributed by atoms with Gasteiger partial charge in [0.1, 0.15) is 4.88 Å². The molecule has 6 nitrogen and oxygen atoms in total. The Morgan fingerprint density at radius 2 is 2.00 bits per heavy atom. The molecule has 114 valence electrons. The quantitative estimate of drug-likeness (QED) is 0.933. The van der Waals surface area contributed by atoms with Crippen molar-refractivity contribution in [2.45, 2.75) is 12.8 Å². The lowest BCUT2D eigenvalue weighted by Crippen LogP contribution is -2.29. The topological polar surface area (TPSA) is 83.4 Å². The zero-order valence-electron chi connectivity index (χ0n) is 12.0. The van der Waals surface area contributed by atoms with Crippen molar-refractivity contribution in [1.82, 2.24) is 14.5 Å². The molecule has 1 aromatic heterocycles. The van der Waals surface area contributed by atoms with E-state index >= 15 is 0 Å². The molecule has 0 radical (unpaired) electrons. The van der Waals surface area contributed by atoms with Gasteiger partial charge in [-0.05, 0) is 24.0 Å². The van der Waals surface area contributed by atoms with Crippen LogP contribution in [0.5, 0.6) is 0 Å². The highest BCUT2D eigenvalue weighted by Crippen LogP contribution is 2.34. The van der Waals surface area contributed by atoms with Gasteiger partial charge in [-0.15, -0.1) is 5.10 Å². The molecule has 2 heterocycles. The molecular formula is C15H15N3O3S. The van der Waals surface area contributed by atoms with Crippen molar-refractivity contribution in [2.24, 2.45) is 5.92 Å². The van der Waals surface area contributed by atoms with E-state index in [0.29, 0.717) is 17.1 Å². The highest BCUT2D eigenvalue weighted by Gasteiger charge is 2.41. The smallest absolute Gasteiger partial charge is 0.308 e. The number of carboxylic acid groups (broad SMARTS) is 1. The van der Waals surface area contributed by atoms with Gasteiger partial charge in [-0.25, -0.2) is 0 Å². The summed E-state index contributed by atoms with van der Waals surface area (Å²) in [5.41, 5.74) is 1.54. The van der Waals surface area contributed by atoms with E-state index < -0.39 is 11.9 Å². The van der Waals surface area contributed by atoms with Crippen LogP contribution in [0.1, 0.15) is 26.8 Å². The number of benzene rings is 1. The Balaban J connectivity index is 1.86. The van der Waals surface area contributed by atoms with Crippen LogP contribution in [-0.4, -0.2) is 44.6 Å². The number of likely N-dealkylation sites (tertiary alicyclic amines) is 1. The van der Waals surface area contributed by atoms with Crippen LogP contribution in [0, 0.1) is 12.8 Å². The molecule has 1 aliphatic rings. The molecular weight excluding hydrogens is 302 g/mol. The van der Waals surface area contributed by atoms with E-state index in [1.165, 1.54) is 0 Å². The number of carboxylic acids is 1. The zero-order chi connectivity index (χ0) is 15.7. The minimum atomic E-state index is -0.872. The predicted molar refractivity (Wildman–Crippen MR) is 80.9 cm³/mol. The van der Waals surface area contributed by atoms with Crippen LogP contribution in [-0.2, 0) is 4.79 Å². The third-order valence-corrected chi connectivity index (χ3v) is 4.81. The lowest BCUT2D eigenvalue weighted by Gasteiger charge is -2.15. The summed E-state index contributed by atoms with van der Waals surface area (Å²) >= 11 is 1.05. The highest BCUT2D eigenvalue weighted by atomic mass is 32.1. The summed E-state index contributed by atoms with van der Waals surface area (Å²) in [6.07, 6.45) is 0. The minimum Gasteiger partial charge on any atom is -0.481 e. The van der Waals surface area contributed by atoms with Gasteiger partial charge in [0.25, 0.3) is 5.91 Å². The lowest BCUT2D eigenvalue weighted by atomic mass is 9.89. The summed E-state index contributed by atoms with van der Waals surface area (Å²) in [7, 11) is 0. The third kappa shape index (κ3) is 2.59. The lowest BCUT2D eigenvalue weighted by molar-refractivity contribution is -0.141. The molecule has 22 heavy (non-hydrogen) atoms. The number of carbonyl (C=O) groups is 2. The fraction of sp³-hybridized carbons (Fsp3) is 0.333. The van der Waals surface area contributed by atoms with E-state index in [4.69, 9.17) is 0 Å². The van der Waals surface area contributed by atoms with Gasteiger partial charge in [0, 0.05) is 19.0 Å². The van der Waals surface area contributed by atoms with Crippen LogP contribution in [0.15, 0.2) is 30.3 Å². The Bertz CT molecular complexity index is 701. The first-order valence-electron chi connectivity index (χ1n) is 6.94. The molecule has 2 aromatic rings. The average Bonchev–Trinajstić information content (AvgIpc) is 3.14. The summed E-state index contributed by atoms with van der Waals surface area (Å²) < 4.78 is 3.77. The molecule has 0 saturated carbocycles. The zero-order valence-corrected chi connectivity index (χ0v) is 12.8. The van der Waals surface area contributed by atoms with Gasteiger partial charge < -0.3 is 10.0 Å². The average molecular weight is 317 g/mol. The maximum atomic E-state index is 12.5. The van der Waals surface area contributed by atoms with Gasteiger partial charge in [0.15, 0.2) is 0 Å². The molecule has 2 atom stereocenters. The van der Waals surface area contributed by atoms with Gasteiger partial charge in [-0.2, -0.15) is 0 Å². The van der Waals surface area contributed by atoms with E-state index in [2.05, 4.69) is 9.59 Å². The number of aromatic nitrogens is 2. The molecule has 0 bridgehead atoms. The third-order valence-electron chi connectivity index (χ3n) is 4.00. The summed E-state index contributed by atoms with van der Waals surface area (Å²) in [4.78, 5) is 26.2. The summed E-state index contributed by atoms with van der Waals surface area (Å²) in [6.45, 7) is 2.35. The predicted octanol–water partition coefficient (Wildman–Crippen LogP) is 1.79. The van der Waals surface area contributed by atoms with E-state index in [1.54, 1.807) is 11.8 Å². The summed E-state index contributed by atoms with van der Waals surface area (Å²) in [5.74, 6) is -1.84. The number of carbonyl (C=O) groups excluding carboxylic acids is 1. The Labute approximate surface area is 131 Å². The number of nitrogens with zero attached hydrogens (tertiary/aromatic N) is 3. The second-order valence-electron chi connectivity index (χ2n) is 5.36. The van der Waals surface area contributed by atoms with Crippen LogP contribution in [0.25, 0.3) is 0 Å². The molecule has 7 heteroatoms. The molecule has 1 aromatic carbocycles. The van der Waals surface area contributed by atoms with Gasteiger partial charge in [0.2, 0.25) is 0 Å². The second-order valence-corrected chi connectivity index (χ2v) is 6.11. The van der Waals surface area contributed by atoms with Crippen LogP contribution < -0.4 is 0 Å². The van der Waals surface area contributed by atoms with Gasteiger partial charge in [-0.1, -0.05) is 34.8 Å². The van der Waals surface area contributed by atoms with E-state index in [-0.39, 0.29) is 18.4 Å². The van der Waals surface area contributed by atoms with E-state index in [1.807, 2.05) is 30.3 Å². The summed E-state index contributed by atoms with van der Waals surface area (Å²) in [5, 5.41) is 13.3. The van der Waals surface area contributed by atoms with Crippen molar-refractivity contribution < 1.29 is 14.7 Å². The first-order chi connectivity index (χ1) is 10.6. The normalized spacial score (nSPS) is 21.0. The number of hydrogen-bond acceptors (Lipinski definition) is 5.